The number of nitrogens with one attached hydrogen (secondary N) is 1. The van der Waals surface area contributed by atoms with Crippen LogP contribution in [0.15, 0.2) is 34.8 Å². The summed E-state index contributed by atoms with van der Waals surface area (Å²) in [4.78, 5) is 2.54. The number of hydrogen-bond acceptors (Lipinski definition) is 4. The first kappa shape index (κ1) is 22.7. The molecule has 0 aromatic heterocycles. The lowest BCUT2D eigenvalue weighted by molar-refractivity contribution is 0.259. The van der Waals surface area contributed by atoms with E-state index in [2.05, 4.69) is 33.1 Å². The number of benzene rings is 2. The summed E-state index contributed by atoms with van der Waals surface area (Å²) < 4.78 is 12.5. The molecule has 2 aromatic carbocycles. The van der Waals surface area contributed by atoms with Crippen LogP contribution in [0.3, 0.4) is 0 Å². The Morgan fingerprint density at radius 3 is 2.72 bits per heavy atom. The Labute approximate surface area is 191 Å². The zero-order valence-electron chi connectivity index (χ0n) is 16.8. The number of methoxy groups -OCH3 is 1. The van der Waals surface area contributed by atoms with Gasteiger partial charge in [0.25, 0.3) is 0 Å². The van der Waals surface area contributed by atoms with Crippen molar-refractivity contribution in [2.45, 2.75) is 39.0 Å². The smallest absolute Gasteiger partial charge is 0.162 e. The van der Waals surface area contributed by atoms with Crippen LogP contribution < -0.4 is 14.8 Å². The molecule has 1 aliphatic rings. The van der Waals surface area contributed by atoms with Gasteiger partial charge in [-0.1, -0.05) is 52.1 Å². The van der Waals surface area contributed by atoms with Crippen LogP contribution in [0, 0.1) is 0 Å². The minimum atomic E-state index is 0.338. The second-order valence-corrected chi connectivity index (χ2v) is 8.87. The van der Waals surface area contributed by atoms with Crippen molar-refractivity contribution in [2.75, 3.05) is 26.7 Å². The van der Waals surface area contributed by atoms with E-state index in [0.29, 0.717) is 34.2 Å². The van der Waals surface area contributed by atoms with Gasteiger partial charge in [-0.25, -0.2) is 0 Å². The maximum absolute atomic E-state index is 6.24. The molecule has 0 aliphatic carbocycles. The SMILES string of the molecule is CCN1CCCC1CNCc1cc(OC)c(OCc2ccc(Cl)cc2Cl)cc1Br. The minimum Gasteiger partial charge on any atom is -0.493 e. The molecule has 1 unspecified atom stereocenters. The Balaban J connectivity index is 1.62. The maximum Gasteiger partial charge on any atom is 0.162 e. The van der Waals surface area contributed by atoms with E-state index < -0.39 is 0 Å². The van der Waals surface area contributed by atoms with Crippen molar-refractivity contribution in [3.8, 4) is 11.5 Å². The van der Waals surface area contributed by atoms with E-state index >= 15 is 0 Å². The highest BCUT2D eigenvalue weighted by atomic mass is 79.9. The first-order valence-corrected chi connectivity index (χ1v) is 11.4. The van der Waals surface area contributed by atoms with E-state index in [1.807, 2.05) is 18.2 Å². The third-order valence-electron chi connectivity index (χ3n) is 5.33. The highest BCUT2D eigenvalue weighted by molar-refractivity contribution is 9.10. The molecule has 7 heteroatoms. The van der Waals surface area contributed by atoms with Gasteiger partial charge in [0, 0.05) is 39.2 Å². The molecule has 0 amide bonds. The van der Waals surface area contributed by atoms with Crippen molar-refractivity contribution in [1.29, 1.82) is 0 Å². The Bertz CT molecular complexity index is 835. The molecule has 0 saturated carbocycles. The van der Waals surface area contributed by atoms with Gasteiger partial charge in [0.1, 0.15) is 6.61 Å². The van der Waals surface area contributed by atoms with Gasteiger partial charge in [0.15, 0.2) is 11.5 Å². The molecule has 4 nitrogen and oxygen atoms in total. The molecular formula is C22H27BrCl2N2O2. The number of halogens is 3. The van der Waals surface area contributed by atoms with Crippen LogP contribution in [0.4, 0.5) is 0 Å². The van der Waals surface area contributed by atoms with Gasteiger partial charge in [0.05, 0.1) is 7.11 Å². The molecule has 0 radical (unpaired) electrons. The predicted molar refractivity (Wildman–Crippen MR) is 123 cm³/mol. The zero-order valence-corrected chi connectivity index (χ0v) is 19.9. The fourth-order valence-corrected chi connectivity index (χ4v) is 4.62. The summed E-state index contributed by atoms with van der Waals surface area (Å²) in [5, 5.41) is 4.79. The van der Waals surface area contributed by atoms with Crippen molar-refractivity contribution in [1.82, 2.24) is 10.2 Å². The quantitative estimate of drug-likeness (QED) is 0.462. The van der Waals surface area contributed by atoms with Gasteiger partial charge < -0.3 is 14.8 Å². The number of ether oxygens (including phenoxy) is 2. The molecule has 1 fully saturated rings. The van der Waals surface area contributed by atoms with Crippen LogP contribution >= 0.6 is 39.1 Å². The molecule has 0 spiro atoms. The second kappa shape index (κ2) is 10.9. The molecular weight excluding hydrogens is 475 g/mol. The Morgan fingerprint density at radius 1 is 1.17 bits per heavy atom. The molecule has 158 valence electrons. The standard InChI is InChI=1S/C22H27BrCl2N2O2/c1-3-27-8-4-5-18(27)13-26-12-16-9-21(28-2)22(11-19(16)23)29-14-15-6-7-17(24)10-20(15)25/h6-7,9-11,18,26H,3-5,8,12-14H2,1-2H3. The molecule has 2 aromatic rings. The number of nitrogens with zero attached hydrogens (tertiary/aromatic N) is 1. The van der Waals surface area contributed by atoms with Crippen LogP contribution in [0.5, 0.6) is 11.5 Å². The molecule has 1 saturated heterocycles. The van der Waals surface area contributed by atoms with Crippen molar-refractivity contribution < 1.29 is 9.47 Å². The van der Waals surface area contributed by atoms with Gasteiger partial charge >= 0.3 is 0 Å². The van der Waals surface area contributed by atoms with Gasteiger partial charge in [0.2, 0.25) is 0 Å². The fraction of sp³-hybridized carbons (Fsp3) is 0.455. The van der Waals surface area contributed by atoms with Gasteiger partial charge in [-0.15, -0.1) is 0 Å². The average molecular weight is 502 g/mol. The summed E-state index contributed by atoms with van der Waals surface area (Å²) in [6, 6.07) is 9.99. The van der Waals surface area contributed by atoms with E-state index in [0.717, 1.165) is 35.2 Å². The summed E-state index contributed by atoms with van der Waals surface area (Å²) in [5.74, 6) is 1.37. The third kappa shape index (κ3) is 6.02. The Hall–Kier alpha value is -0.980. The normalized spacial score (nSPS) is 16.9. The van der Waals surface area contributed by atoms with Crippen molar-refractivity contribution in [3.63, 3.8) is 0 Å². The highest BCUT2D eigenvalue weighted by Gasteiger charge is 2.22. The molecule has 1 N–H and O–H groups in total. The van der Waals surface area contributed by atoms with Gasteiger partial charge in [-0.2, -0.15) is 0 Å². The molecule has 1 aliphatic heterocycles. The fourth-order valence-electron chi connectivity index (χ4n) is 3.70. The number of likely N-dealkylation sites (N-methyl/N-ethyl adjacent to an activating group) is 1. The van der Waals surface area contributed by atoms with E-state index in [1.165, 1.54) is 19.4 Å². The summed E-state index contributed by atoms with van der Waals surface area (Å²) in [6.07, 6.45) is 2.56. The first-order valence-electron chi connectivity index (χ1n) is 9.89. The molecule has 3 rings (SSSR count). The minimum absolute atomic E-state index is 0.338. The van der Waals surface area contributed by atoms with Crippen LogP contribution in [0.2, 0.25) is 10.0 Å². The average Bonchev–Trinajstić information content (AvgIpc) is 3.16. The van der Waals surface area contributed by atoms with Crippen molar-refractivity contribution in [3.05, 3.63) is 56.0 Å². The van der Waals surface area contributed by atoms with Crippen LogP contribution in [0.1, 0.15) is 30.9 Å². The van der Waals surface area contributed by atoms with Gasteiger partial charge in [-0.3, -0.25) is 4.90 Å². The second-order valence-electron chi connectivity index (χ2n) is 7.17. The monoisotopic (exact) mass is 500 g/mol. The topological polar surface area (TPSA) is 33.7 Å². The Kier molecular flexibility index (Phi) is 8.51. The molecule has 0 bridgehead atoms. The summed E-state index contributed by atoms with van der Waals surface area (Å²) >= 11 is 15.9. The Morgan fingerprint density at radius 2 is 2.00 bits per heavy atom. The van der Waals surface area contributed by atoms with E-state index in [4.69, 9.17) is 32.7 Å². The third-order valence-corrected chi connectivity index (χ3v) is 6.66. The molecule has 29 heavy (non-hydrogen) atoms. The lowest BCUT2D eigenvalue weighted by atomic mass is 10.1. The zero-order chi connectivity index (χ0) is 20.8. The van der Waals surface area contributed by atoms with Crippen LogP contribution in [-0.2, 0) is 13.2 Å². The number of rotatable bonds is 9. The lowest BCUT2D eigenvalue weighted by Crippen LogP contribution is -2.37. The van der Waals surface area contributed by atoms with E-state index in [1.54, 1.807) is 19.2 Å². The number of likely N-dealkylation sites (tertiary alicyclic amines) is 1. The van der Waals surface area contributed by atoms with Crippen LogP contribution in [-0.4, -0.2) is 37.7 Å². The summed E-state index contributed by atoms with van der Waals surface area (Å²) in [7, 11) is 1.65. The largest absolute Gasteiger partial charge is 0.493 e. The molecule has 1 atom stereocenters. The van der Waals surface area contributed by atoms with Gasteiger partial charge in [-0.05, 0) is 55.8 Å². The molecule has 1 heterocycles. The van der Waals surface area contributed by atoms with Crippen LogP contribution in [0.25, 0.3) is 0 Å². The predicted octanol–water partition coefficient (Wildman–Crippen LogP) is 5.92. The first-order chi connectivity index (χ1) is 14.0. The summed E-state index contributed by atoms with van der Waals surface area (Å²) in [6.45, 7) is 6.67. The van der Waals surface area contributed by atoms with Crippen molar-refractivity contribution >= 4 is 39.1 Å². The van der Waals surface area contributed by atoms with Crippen molar-refractivity contribution in [2.24, 2.45) is 0 Å². The number of hydrogen-bond donors (Lipinski definition) is 1. The van der Waals surface area contributed by atoms with E-state index in [9.17, 15) is 0 Å². The maximum atomic E-state index is 6.24. The lowest BCUT2D eigenvalue weighted by Gasteiger charge is -2.23. The highest BCUT2D eigenvalue weighted by Crippen LogP contribution is 2.34. The van der Waals surface area contributed by atoms with E-state index in [-0.39, 0.29) is 0 Å². The summed E-state index contributed by atoms with van der Waals surface area (Å²) in [5.41, 5.74) is 2.01.